The van der Waals surface area contributed by atoms with Crippen LogP contribution in [0.1, 0.15) is 0 Å². The van der Waals surface area contributed by atoms with Crippen LogP contribution in [-0.2, 0) is 0 Å². The molecule has 0 aliphatic rings. The Hall–Kier alpha value is -3.43. The highest BCUT2D eigenvalue weighted by molar-refractivity contribution is 9.10. The van der Waals surface area contributed by atoms with Crippen molar-refractivity contribution in [3.8, 4) is 10.6 Å². The molecule has 2 N–H and O–H groups in total. The highest BCUT2D eigenvalue weighted by Crippen LogP contribution is 2.31. The van der Waals surface area contributed by atoms with Crippen LogP contribution in [0.15, 0.2) is 77.3 Å². The van der Waals surface area contributed by atoms with E-state index in [1.54, 1.807) is 12.1 Å². The van der Waals surface area contributed by atoms with E-state index >= 15 is 0 Å². The van der Waals surface area contributed by atoms with Gasteiger partial charge in [0.1, 0.15) is 16.6 Å². The summed E-state index contributed by atoms with van der Waals surface area (Å²) in [5.41, 5.74) is 2.44. The maximum absolute atomic E-state index is 13.2. The summed E-state index contributed by atoms with van der Waals surface area (Å²) in [7, 11) is 0. The second-order valence-electron chi connectivity index (χ2n) is 6.59. The van der Waals surface area contributed by atoms with Crippen molar-refractivity contribution in [1.82, 2.24) is 20.2 Å². The van der Waals surface area contributed by atoms with Gasteiger partial charge in [-0.3, -0.25) is 0 Å². The molecule has 5 rings (SSSR count). The van der Waals surface area contributed by atoms with Gasteiger partial charge in [-0.1, -0.05) is 51.5 Å². The minimum atomic E-state index is -0.301. The molecule has 0 fully saturated rings. The number of para-hydroxylation sites is 1. The van der Waals surface area contributed by atoms with Gasteiger partial charge in [0.25, 0.3) is 0 Å². The summed E-state index contributed by atoms with van der Waals surface area (Å²) in [6.07, 6.45) is 0. The van der Waals surface area contributed by atoms with Crippen LogP contribution < -0.4 is 10.6 Å². The van der Waals surface area contributed by atoms with Crippen LogP contribution in [0.25, 0.3) is 21.5 Å². The largest absolute Gasteiger partial charge is 0.324 e. The van der Waals surface area contributed by atoms with Gasteiger partial charge < -0.3 is 10.6 Å². The van der Waals surface area contributed by atoms with Crippen molar-refractivity contribution < 1.29 is 4.39 Å². The van der Waals surface area contributed by atoms with Crippen molar-refractivity contribution in [2.75, 3.05) is 10.6 Å². The molecule has 0 saturated heterocycles. The molecule has 0 radical (unpaired) electrons. The van der Waals surface area contributed by atoms with Crippen molar-refractivity contribution in [3.63, 3.8) is 0 Å². The predicted molar refractivity (Wildman–Crippen MR) is 126 cm³/mol. The second-order valence-corrected chi connectivity index (χ2v) is 8.48. The van der Waals surface area contributed by atoms with Crippen LogP contribution in [0.2, 0.25) is 0 Å². The molecule has 3 aromatic carbocycles. The number of anilines is 4. The van der Waals surface area contributed by atoms with Crippen LogP contribution in [-0.4, -0.2) is 20.2 Å². The van der Waals surface area contributed by atoms with E-state index in [0.717, 1.165) is 25.9 Å². The molecule has 0 amide bonds. The highest BCUT2D eigenvalue weighted by Gasteiger charge is 2.12. The molecule has 0 unspecified atom stereocenters. The number of hydrogen-bond acceptors (Lipinski definition) is 7. The van der Waals surface area contributed by atoms with E-state index in [2.05, 4.69) is 46.7 Å². The van der Waals surface area contributed by atoms with E-state index in [1.807, 2.05) is 48.5 Å². The zero-order chi connectivity index (χ0) is 21.2. The lowest BCUT2D eigenvalue weighted by molar-refractivity contribution is 0.628. The summed E-state index contributed by atoms with van der Waals surface area (Å²) in [6, 6.07) is 21.6. The van der Waals surface area contributed by atoms with Crippen molar-refractivity contribution >= 4 is 60.8 Å². The zero-order valence-corrected chi connectivity index (χ0v) is 18.3. The maximum Gasteiger partial charge on any atom is 0.229 e. The average molecular weight is 493 g/mol. The van der Waals surface area contributed by atoms with Crippen LogP contribution in [0.3, 0.4) is 0 Å². The van der Waals surface area contributed by atoms with E-state index in [1.165, 1.54) is 23.5 Å². The molecule has 0 bridgehead atoms. The summed E-state index contributed by atoms with van der Waals surface area (Å²) in [6.45, 7) is 0. The van der Waals surface area contributed by atoms with Crippen molar-refractivity contribution in [2.24, 2.45) is 0 Å². The fraction of sp³-hybridized carbons (Fsp3) is 0. The van der Waals surface area contributed by atoms with Gasteiger partial charge in [-0.2, -0.15) is 4.98 Å². The minimum absolute atomic E-state index is 0.301. The Morgan fingerprint density at radius 2 is 1.58 bits per heavy atom. The number of aromatic nitrogens is 4. The Bertz CT molecular complexity index is 1360. The third-order valence-corrected chi connectivity index (χ3v) is 5.86. The SMILES string of the molecule is Fc1ccc(Nc2nc(Nc3nnc(-c4ccc(Br)cc4)s3)c3ccccc3n2)cc1. The smallest absolute Gasteiger partial charge is 0.229 e. The summed E-state index contributed by atoms with van der Waals surface area (Å²) < 4.78 is 14.2. The van der Waals surface area contributed by atoms with Gasteiger partial charge >= 0.3 is 0 Å². The lowest BCUT2D eigenvalue weighted by Gasteiger charge is -2.10. The summed E-state index contributed by atoms with van der Waals surface area (Å²) in [5.74, 6) is 0.698. The first-order valence-electron chi connectivity index (χ1n) is 9.30. The summed E-state index contributed by atoms with van der Waals surface area (Å²) >= 11 is 4.88. The van der Waals surface area contributed by atoms with E-state index < -0.39 is 0 Å². The number of halogens is 2. The third-order valence-electron chi connectivity index (χ3n) is 4.45. The molecule has 0 aliphatic heterocycles. The number of rotatable bonds is 5. The Morgan fingerprint density at radius 1 is 0.806 bits per heavy atom. The molecule has 2 aromatic heterocycles. The minimum Gasteiger partial charge on any atom is -0.324 e. The monoisotopic (exact) mass is 492 g/mol. The van der Waals surface area contributed by atoms with Crippen LogP contribution in [0.4, 0.5) is 27.0 Å². The van der Waals surface area contributed by atoms with Gasteiger partial charge in [-0.15, -0.1) is 10.2 Å². The Balaban J connectivity index is 1.47. The van der Waals surface area contributed by atoms with Gasteiger partial charge in [0, 0.05) is 21.1 Å². The molecule has 6 nitrogen and oxygen atoms in total. The molecular formula is C22H14BrFN6S. The van der Waals surface area contributed by atoms with Crippen molar-refractivity contribution in [3.05, 3.63) is 83.1 Å². The Kier molecular flexibility index (Phi) is 5.27. The molecule has 0 atom stereocenters. The van der Waals surface area contributed by atoms with E-state index in [4.69, 9.17) is 0 Å². The maximum atomic E-state index is 13.2. The first kappa shape index (κ1) is 19.5. The molecule has 9 heteroatoms. The van der Waals surface area contributed by atoms with Gasteiger partial charge in [-0.05, 0) is 48.5 Å². The van der Waals surface area contributed by atoms with Crippen LogP contribution >= 0.6 is 27.3 Å². The Labute approximate surface area is 189 Å². The van der Waals surface area contributed by atoms with Gasteiger partial charge in [0.2, 0.25) is 11.1 Å². The zero-order valence-electron chi connectivity index (χ0n) is 15.9. The third kappa shape index (κ3) is 4.37. The van der Waals surface area contributed by atoms with E-state index in [0.29, 0.717) is 22.6 Å². The Morgan fingerprint density at radius 3 is 2.39 bits per heavy atom. The lowest BCUT2D eigenvalue weighted by Crippen LogP contribution is -2.02. The number of fused-ring (bicyclic) bond motifs is 1. The number of benzene rings is 3. The molecule has 152 valence electrons. The predicted octanol–water partition coefficient (Wildman–Crippen LogP) is 6.54. The normalized spacial score (nSPS) is 10.9. The summed E-state index contributed by atoms with van der Waals surface area (Å²) in [4.78, 5) is 9.18. The summed E-state index contributed by atoms with van der Waals surface area (Å²) in [5, 5.41) is 17.2. The molecule has 0 spiro atoms. The first-order chi connectivity index (χ1) is 15.1. The topological polar surface area (TPSA) is 75.6 Å². The molecule has 0 saturated carbocycles. The van der Waals surface area contributed by atoms with Crippen molar-refractivity contribution in [2.45, 2.75) is 0 Å². The fourth-order valence-electron chi connectivity index (χ4n) is 2.97. The first-order valence-corrected chi connectivity index (χ1v) is 10.9. The van der Waals surface area contributed by atoms with Crippen molar-refractivity contribution in [1.29, 1.82) is 0 Å². The fourth-order valence-corrected chi connectivity index (χ4v) is 3.99. The van der Waals surface area contributed by atoms with Gasteiger partial charge in [0.15, 0.2) is 0 Å². The lowest BCUT2D eigenvalue weighted by atomic mass is 10.2. The van der Waals surface area contributed by atoms with E-state index in [9.17, 15) is 4.39 Å². The van der Waals surface area contributed by atoms with Crippen LogP contribution in [0, 0.1) is 5.82 Å². The number of nitrogens with one attached hydrogen (secondary N) is 2. The molecule has 0 aliphatic carbocycles. The number of nitrogens with zero attached hydrogens (tertiary/aromatic N) is 4. The van der Waals surface area contributed by atoms with Gasteiger partial charge in [0.05, 0.1) is 5.52 Å². The quantitative estimate of drug-likeness (QED) is 0.290. The second kappa shape index (κ2) is 8.37. The van der Waals surface area contributed by atoms with Crippen LogP contribution in [0.5, 0.6) is 0 Å². The standard InChI is InChI=1S/C22H14BrFN6S/c23-14-7-5-13(6-8-14)20-29-30-22(31-20)28-19-17-3-1-2-4-18(17)26-21(27-19)25-16-11-9-15(24)10-12-16/h1-12H,(H2,25,26,27,28,30). The number of hydrogen-bond donors (Lipinski definition) is 2. The van der Waals surface area contributed by atoms with Gasteiger partial charge in [-0.25, -0.2) is 9.37 Å². The highest BCUT2D eigenvalue weighted by atomic mass is 79.9. The molecular weight excluding hydrogens is 479 g/mol. The average Bonchev–Trinajstić information content (AvgIpc) is 3.24. The molecule has 31 heavy (non-hydrogen) atoms. The van der Waals surface area contributed by atoms with E-state index in [-0.39, 0.29) is 5.82 Å². The molecule has 5 aromatic rings. The molecule has 2 heterocycles.